The minimum atomic E-state index is -1.24. The summed E-state index contributed by atoms with van der Waals surface area (Å²) in [6.45, 7) is 0.563. The molecule has 13 heteroatoms. The number of hydrogen-bond acceptors (Lipinski definition) is 10. The molecule has 1 fully saturated rings. The number of carbonyl (C=O) groups is 1. The number of pyridine rings is 1. The zero-order valence-electron chi connectivity index (χ0n) is 22.9. The van der Waals surface area contributed by atoms with Crippen molar-refractivity contribution in [1.29, 1.82) is 5.41 Å². The van der Waals surface area contributed by atoms with Crippen molar-refractivity contribution in [1.82, 2.24) is 9.88 Å². The number of anilines is 1. The fourth-order valence-electron chi connectivity index (χ4n) is 5.10. The lowest BCUT2D eigenvalue weighted by molar-refractivity contribution is -0.145. The van der Waals surface area contributed by atoms with E-state index in [9.17, 15) is 14.3 Å². The van der Waals surface area contributed by atoms with Crippen LogP contribution in [-0.2, 0) is 9.53 Å². The summed E-state index contributed by atoms with van der Waals surface area (Å²) in [6, 6.07) is 8.77. The fourth-order valence-corrected chi connectivity index (χ4v) is 5.10. The summed E-state index contributed by atoms with van der Waals surface area (Å²) in [5.74, 6) is -5.05. The van der Waals surface area contributed by atoms with Crippen LogP contribution in [0.3, 0.4) is 0 Å². The van der Waals surface area contributed by atoms with Crippen LogP contribution in [0.2, 0.25) is 0 Å². The first-order chi connectivity index (χ1) is 20.2. The third-order valence-electron chi connectivity index (χ3n) is 7.28. The van der Waals surface area contributed by atoms with Gasteiger partial charge in [0.25, 0.3) is 5.88 Å². The number of rotatable bonds is 9. The van der Waals surface area contributed by atoms with Crippen molar-refractivity contribution in [2.75, 3.05) is 26.0 Å². The third-order valence-corrected chi connectivity index (χ3v) is 7.28. The number of amidine groups is 1. The highest BCUT2D eigenvalue weighted by Crippen LogP contribution is 2.41. The summed E-state index contributed by atoms with van der Waals surface area (Å²) < 4.78 is 46.7. The van der Waals surface area contributed by atoms with Crippen LogP contribution in [0, 0.1) is 23.0 Å². The number of carbonyl (C=O) groups excluding carboxylic acids is 1. The smallest absolute Gasteiger partial charge is 0.310 e. The molecule has 0 radical (unpaired) electrons. The quantitative estimate of drug-likeness (QED) is 0.160. The third kappa shape index (κ3) is 5.81. The maximum Gasteiger partial charge on any atom is 0.310 e. The van der Waals surface area contributed by atoms with Crippen molar-refractivity contribution in [2.24, 2.45) is 16.6 Å². The lowest BCUT2D eigenvalue weighted by Crippen LogP contribution is -2.30. The van der Waals surface area contributed by atoms with E-state index in [2.05, 4.69) is 15.3 Å². The largest absolute Gasteiger partial charge is 0.504 e. The molecule has 2 aromatic carbocycles. The van der Waals surface area contributed by atoms with Crippen molar-refractivity contribution in [3.05, 3.63) is 65.4 Å². The minimum absolute atomic E-state index is 0.130. The Bertz CT molecular complexity index is 1550. The number of aliphatic imine (C=N–C) groups is 1. The van der Waals surface area contributed by atoms with Gasteiger partial charge in [0, 0.05) is 35.6 Å². The number of methoxy groups -OCH3 is 1. The summed E-state index contributed by atoms with van der Waals surface area (Å²) in [6.07, 6.45) is 4.37. The first kappa shape index (κ1) is 28.7. The molecule has 3 unspecified atom stereocenters. The summed E-state index contributed by atoms with van der Waals surface area (Å²) >= 11 is 0. The number of aromatic nitrogens is 1. The van der Waals surface area contributed by atoms with Gasteiger partial charge in [0.2, 0.25) is 11.6 Å². The van der Waals surface area contributed by atoms with Gasteiger partial charge in [-0.2, -0.15) is 4.39 Å². The number of nitrogens with zero attached hydrogens (tertiary/aromatic N) is 3. The summed E-state index contributed by atoms with van der Waals surface area (Å²) in [7, 11) is 3.22. The molecule has 0 bridgehead atoms. The highest BCUT2D eigenvalue weighted by Gasteiger charge is 2.34. The minimum Gasteiger partial charge on any atom is -0.504 e. The van der Waals surface area contributed by atoms with Crippen molar-refractivity contribution < 1.29 is 32.9 Å². The predicted molar refractivity (Wildman–Crippen MR) is 150 cm³/mol. The molecule has 3 atom stereocenters. The van der Waals surface area contributed by atoms with E-state index in [-0.39, 0.29) is 46.6 Å². The van der Waals surface area contributed by atoms with Gasteiger partial charge in [0.1, 0.15) is 17.8 Å². The second-order valence-corrected chi connectivity index (χ2v) is 10.1. The van der Waals surface area contributed by atoms with Gasteiger partial charge in [0.05, 0.1) is 19.2 Å². The van der Waals surface area contributed by atoms with Gasteiger partial charge in [-0.1, -0.05) is 6.42 Å². The maximum absolute atomic E-state index is 15.6. The number of halogens is 2. The standard InChI is InChI=1S/C29H30F2N6O5/c1-37-11-10-34-27(37)18-13-16(36-20-5-3-4-17(20)29(39)40-2)7-9-22(18)41-25-19(30)14-35-28(24(25)31)42-23-12-15(26(32)33)6-8-21(23)38/h6-10,12-14,17,20,27,36,38H,3-5,11H2,1-2H3,(H3,32,33). The lowest BCUT2D eigenvalue weighted by atomic mass is 10.0. The normalized spacial score (nSPS) is 20.0. The lowest BCUT2D eigenvalue weighted by Gasteiger charge is -2.24. The molecule has 1 aliphatic carbocycles. The highest BCUT2D eigenvalue weighted by atomic mass is 19.1. The van der Waals surface area contributed by atoms with Crippen molar-refractivity contribution in [3.8, 4) is 28.9 Å². The summed E-state index contributed by atoms with van der Waals surface area (Å²) in [5.41, 5.74) is 6.94. The summed E-state index contributed by atoms with van der Waals surface area (Å²) in [4.78, 5) is 22.4. The Morgan fingerprint density at radius 2 is 1.98 bits per heavy atom. The van der Waals surface area contributed by atoms with Crippen LogP contribution < -0.4 is 20.5 Å². The highest BCUT2D eigenvalue weighted by molar-refractivity contribution is 5.95. The molecule has 0 spiro atoms. The Morgan fingerprint density at radius 1 is 1.17 bits per heavy atom. The zero-order valence-corrected chi connectivity index (χ0v) is 22.9. The van der Waals surface area contributed by atoms with E-state index in [1.54, 1.807) is 24.4 Å². The van der Waals surface area contributed by atoms with Crippen molar-refractivity contribution in [3.63, 3.8) is 0 Å². The molecule has 2 aliphatic rings. The Hall–Kier alpha value is -4.78. The van der Waals surface area contributed by atoms with E-state index in [1.165, 1.54) is 25.3 Å². The molecule has 1 saturated carbocycles. The van der Waals surface area contributed by atoms with E-state index >= 15 is 4.39 Å². The van der Waals surface area contributed by atoms with Crippen LogP contribution in [0.5, 0.6) is 28.9 Å². The molecular weight excluding hydrogens is 550 g/mol. The van der Waals surface area contributed by atoms with Gasteiger partial charge in [-0.25, -0.2) is 9.37 Å². The zero-order chi connectivity index (χ0) is 30.0. The molecule has 2 heterocycles. The average molecular weight is 581 g/mol. The van der Waals surface area contributed by atoms with E-state index in [0.717, 1.165) is 25.5 Å². The van der Waals surface area contributed by atoms with E-state index in [4.69, 9.17) is 25.4 Å². The molecule has 1 aliphatic heterocycles. The molecule has 5 rings (SSSR count). The summed E-state index contributed by atoms with van der Waals surface area (Å²) in [5, 5.41) is 21.1. The van der Waals surface area contributed by atoms with Crippen molar-refractivity contribution in [2.45, 2.75) is 31.5 Å². The molecule has 1 aromatic heterocycles. The Morgan fingerprint density at radius 3 is 2.69 bits per heavy atom. The van der Waals surface area contributed by atoms with E-state index in [0.29, 0.717) is 17.8 Å². The number of phenolic OH excluding ortho intramolecular Hbond substituents is 1. The second-order valence-electron chi connectivity index (χ2n) is 10.1. The molecule has 5 N–H and O–H groups in total. The Labute approximate surface area is 240 Å². The molecule has 3 aromatic rings. The first-order valence-electron chi connectivity index (χ1n) is 13.2. The predicted octanol–water partition coefficient (Wildman–Crippen LogP) is 4.70. The number of ether oxygens (including phenoxy) is 3. The number of nitrogens with two attached hydrogens (primary N) is 1. The first-order valence-corrected chi connectivity index (χ1v) is 13.2. The van der Waals surface area contributed by atoms with Crippen LogP contribution >= 0.6 is 0 Å². The average Bonchev–Trinajstić information content (AvgIpc) is 3.62. The number of esters is 1. The van der Waals surface area contributed by atoms with Gasteiger partial charge in [-0.15, -0.1) is 0 Å². The van der Waals surface area contributed by atoms with E-state index < -0.39 is 29.4 Å². The number of nitrogen functional groups attached to an aromatic ring is 1. The molecule has 0 amide bonds. The van der Waals surface area contributed by atoms with Crippen LogP contribution in [0.15, 0.2) is 47.6 Å². The molecular formula is C29H30F2N6O5. The van der Waals surface area contributed by atoms with Gasteiger partial charge < -0.3 is 30.4 Å². The van der Waals surface area contributed by atoms with Crippen LogP contribution in [0.25, 0.3) is 0 Å². The number of nitrogens with one attached hydrogen (secondary N) is 2. The van der Waals surface area contributed by atoms with Gasteiger partial charge in [-0.05, 0) is 56.3 Å². The molecule has 42 heavy (non-hydrogen) atoms. The topological polar surface area (TPSA) is 155 Å². The fraction of sp³-hybridized carbons (Fsp3) is 0.310. The van der Waals surface area contributed by atoms with Crippen LogP contribution in [0.4, 0.5) is 14.5 Å². The SMILES string of the molecule is COC(=O)C1CCCC1Nc1ccc(Oc2c(F)cnc(Oc3cc(C(=N)N)ccc3O)c2F)c(C2N=CCN2C)c1. The molecule has 220 valence electrons. The van der Waals surface area contributed by atoms with Crippen molar-refractivity contribution >= 4 is 23.7 Å². The second kappa shape index (κ2) is 12.0. The number of hydrogen-bond donors (Lipinski definition) is 4. The van der Waals surface area contributed by atoms with Gasteiger partial charge >= 0.3 is 5.97 Å². The Balaban J connectivity index is 1.47. The van der Waals surface area contributed by atoms with Crippen LogP contribution in [-0.4, -0.2) is 59.8 Å². The van der Waals surface area contributed by atoms with E-state index in [1.807, 2.05) is 11.9 Å². The molecule has 0 saturated heterocycles. The Kier molecular flexibility index (Phi) is 8.20. The van der Waals surface area contributed by atoms with Gasteiger partial charge in [-0.3, -0.25) is 20.1 Å². The number of benzene rings is 2. The maximum atomic E-state index is 15.6. The monoisotopic (exact) mass is 580 g/mol. The number of aromatic hydroxyl groups is 1. The molecule has 11 nitrogen and oxygen atoms in total. The van der Waals surface area contributed by atoms with Crippen LogP contribution in [0.1, 0.15) is 36.6 Å². The number of phenols is 1. The van der Waals surface area contributed by atoms with Gasteiger partial charge in [0.15, 0.2) is 17.3 Å².